The van der Waals surface area contributed by atoms with E-state index in [4.69, 9.17) is 9.47 Å². The molecule has 2 saturated heterocycles. The number of rotatable bonds is 3. The highest BCUT2D eigenvalue weighted by molar-refractivity contribution is 5.65. The lowest BCUT2D eigenvalue weighted by Gasteiger charge is -2.37. The Labute approximate surface area is 153 Å². The van der Waals surface area contributed by atoms with Gasteiger partial charge < -0.3 is 19.7 Å². The molecule has 0 amide bonds. The molecule has 3 heterocycles. The van der Waals surface area contributed by atoms with E-state index in [1.54, 1.807) is 6.20 Å². The van der Waals surface area contributed by atoms with E-state index >= 15 is 0 Å². The zero-order chi connectivity index (χ0) is 18.1. The van der Waals surface area contributed by atoms with Crippen LogP contribution in [0.4, 0.5) is 17.5 Å². The molecule has 2 aliphatic rings. The van der Waals surface area contributed by atoms with Crippen molar-refractivity contribution in [3.63, 3.8) is 0 Å². The van der Waals surface area contributed by atoms with E-state index in [-0.39, 0.29) is 0 Å². The molecule has 0 bridgehead atoms. The van der Waals surface area contributed by atoms with Crippen molar-refractivity contribution in [2.75, 3.05) is 36.5 Å². The van der Waals surface area contributed by atoms with Crippen LogP contribution in [0.15, 0.2) is 18.3 Å². The highest BCUT2D eigenvalue weighted by Crippen LogP contribution is 2.32. The van der Waals surface area contributed by atoms with Gasteiger partial charge in [-0.05, 0) is 31.9 Å². The molecular formula is C19H25N5O2. The number of aryl methyl sites for hydroxylation is 3. The summed E-state index contributed by atoms with van der Waals surface area (Å²) >= 11 is 0. The third-order valence-electron chi connectivity index (χ3n) is 5.10. The summed E-state index contributed by atoms with van der Waals surface area (Å²) in [6.07, 6.45) is 3.31. The number of ether oxygens (including phenoxy) is 2. The normalized spacial score (nSPS) is 19.1. The third-order valence-corrected chi connectivity index (χ3v) is 5.10. The van der Waals surface area contributed by atoms with Gasteiger partial charge >= 0.3 is 0 Å². The number of nitrogens with one attached hydrogen (secondary N) is 1. The Bertz CT molecular complexity index is 771. The smallest absolute Gasteiger partial charge is 0.247 e. The van der Waals surface area contributed by atoms with Crippen LogP contribution in [0.3, 0.4) is 0 Å². The van der Waals surface area contributed by atoms with Crippen LogP contribution in [0.1, 0.15) is 29.5 Å². The van der Waals surface area contributed by atoms with E-state index in [0.29, 0.717) is 25.0 Å². The highest BCUT2D eigenvalue weighted by atomic mass is 16.7. The summed E-state index contributed by atoms with van der Waals surface area (Å²) in [7, 11) is 0. The van der Waals surface area contributed by atoms with Crippen LogP contribution in [0.25, 0.3) is 0 Å². The Morgan fingerprint density at radius 2 is 1.69 bits per heavy atom. The average Bonchev–Trinajstić information content (AvgIpc) is 3.07. The first-order valence-corrected chi connectivity index (χ1v) is 9.12. The second-order valence-electron chi connectivity index (χ2n) is 7.13. The van der Waals surface area contributed by atoms with E-state index in [1.807, 2.05) is 0 Å². The summed E-state index contributed by atoms with van der Waals surface area (Å²) in [6, 6.07) is 4.33. The predicted molar refractivity (Wildman–Crippen MR) is 99.8 cm³/mol. The van der Waals surface area contributed by atoms with Gasteiger partial charge in [0.1, 0.15) is 0 Å². The summed E-state index contributed by atoms with van der Waals surface area (Å²) in [4.78, 5) is 6.81. The first kappa shape index (κ1) is 17.2. The SMILES string of the molecule is Cc1cc(C)c(Nc2cnnc(N3CCC4(CC3)OCCO4)n2)c(C)c1. The Kier molecular flexibility index (Phi) is 4.50. The number of anilines is 3. The lowest BCUT2D eigenvalue weighted by atomic mass is 10.0. The largest absolute Gasteiger partial charge is 0.347 e. The summed E-state index contributed by atoms with van der Waals surface area (Å²) in [6.45, 7) is 9.28. The number of benzene rings is 1. The lowest BCUT2D eigenvalue weighted by Crippen LogP contribution is -2.45. The van der Waals surface area contributed by atoms with Crippen molar-refractivity contribution in [1.29, 1.82) is 0 Å². The van der Waals surface area contributed by atoms with Gasteiger partial charge in [-0.25, -0.2) is 0 Å². The molecule has 0 atom stereocenters. The Morgan fingerprint density at radius 3 is 2.35 bits per heavy atom. The molecule has 1 N–H and O–H groups in total. The summed E-state index contributed by atoms with van der Waals surface area (Å²) < 4.78 is 11.6. The number of piperidine rings is 1. The molecule has 2 fully saturated rings. The highest BCUT2D eigenvalue weighted by Gasteiger charge is 2.40. The minimum Gasteiger partial charge on any atom is -0.347 e. The van der Waals surface area contributed by atoms with Gasteiger partial charge in [-0.3, -0.25) is 0 Å². The van der Waals surface area contributed by atoms with Gasteiger partial charge in [0.05, 0.1) is 19.4 Å². The second kappa shape index (κ2) is 6.81. The maximum atomic E-state index is 5.79. The van der Waals surface area contributed by atoms with Gasteiger partial charge in [0.2, 0.25) is 5.95 Å². The molecule has 0 saturated carbocycles. The predicted octanol–water partition coefficient (Wildman–Crippen LogP) is 2.88. The van der Waals surface area contributed by atoms with Gasteiger partial charge in [0.15, 0.2) is 11.6 Å². The molecule has 7 nitrogen and oxygen atoms in total. The minimum absolute atomic E-state index is 0.393. The topological polar surface area (TPSA) is 72.4 Å². The van der Waals surface area contributed by atoms with Crippen molar-refractivity contribution >= 4 is 17.5 Å². The lowest BCUT2D eigenvalue weighted by molar-refractivity contribution is -0.169. The summed E-state index contributed by atoms with van der Waals surface area (Å²) in [5.74, 6) is 0.958. The van der Waals surface area contributed by atoms with Gasteiger partial charge in [0.25, 0.3) is 0 Å². The van der Waals surface area contributed by atoms with Crippen molar-refractivity contribution in [3.8, 4) is 0 Å². The van der Waals surface area contributed by atoms with Crippen molar-refractivity contribution < 1.29 is 9.47 Å². The Hall–Kier alpha value is -2.25. The quantitative estimate of drug-likeness (QED) is 0.907. The van der Waals surface area contributed by atoms with Gasteiger partial charge in [0, 0.05) is 31.6 Å². The summed E-state index contributed by atoms with van der Waals surface area (Å²) in [5, 5.41) is 11.8. The van der Waals surface area contributed by atoms with Crippen LogP contribution in [0.2, 0.25) is 0 Å². The fraction of sp³-hybridized carbons (Fsp3) is 0.526. The van der Waals surface area contributed by atoms with Crippen molar-refractivity contribution in [1.82, 2.24) is 15.2 Å². The molecule has 7 heteroatoms. The van der Waals surface area contributed by atoms with Crippen LogP contribution >= 0.6 is 0 Å². The molecular weight excluding hydrogens is 330 g/mol. The van der Waals surface area contributed by atoms with Crippen LogP contribution < -0.4 is 10.2 Å². The monoisotopic (exact) mass is 355 g/mol. The third kappa shape index (κ3) is 3.37. The number of hydrogen-bond donors (Lipinski definition) is 1. The maximum absolute atomic E-state index is 5.79. The molecule has 1 aromatic carbocycles. The van der Waals surface area contributed by atoms with Gasteiger partial charge in [-0.1, -0.05) is 17.7 Å². The number of aromatic nitrogens is 3. The Morgan fingerprint density at radius 1 is 1.04 bits per heavy atom. The fourth-order valence-corrected chi connectivity index (χ4v) is 3.83. The van der Waals surface area contributed by atoms with Crippen LogP contribution in [0, 0.1) is 20.8 Å². The molecule has 138 valence electrons. The fourth-order valence-electron chi connectivity index (χ4n) is 3.83. The zero-order valence-electron chi connectivity index (χ0n) is 15.6. The Balaban J connectivity index is 1.49. The van der Waals surface area contributed by atoms with Crippen LogP contribution in [-0.4, -0.2) is 47.3 Å². The molecule has 2 aliphatic heterocycles. The van der Waals surface area contributed by atoms with Gasteiger partial charge in [-0.15, -0.1) is 5.10 Å². The average molecular weight is 355 g/mol. The number of hydrogen-bond acceptors (Lipinski definition) is 7. The standard InChI is InChI=1S/C19H25N5O2/c1-13-10-14(2)17(15(3)11-13)21-16-12-20-23-18(22-16)24-6-4-19(5-7-24)25-8-9-26-19/h10-12H,4-9H2,1-3H3,(H,21,22,23). The van der Waals surface area contributed by atoms with E-state index in [9.17, 15) is 0 Å². The first-order valence-electron chi connectivity index (χ1n) is 9.12. The summed E-state index contributed by atoms with van der Waals surface area (Å²) in [5.41, 5.74) is 4.72. The van der Waals surface area contributed by atoms with Crippen molar-refractivity contribution in [2.24, 2.45) is 0 Å². The first-order chi connectivity index (χ1) is 12.5. The number of nitrogens with zero attached hydrogens (tertiary/aromatic N) is 4. The van der Waals surface area contributed by atoms with Crippen LogP contribution in [0.5, 0.6) is 0 Å². The molecule has 1 spiro atoms. The van der Waals surface area contributed by atoms with E-state index < -0.39 is 5.79 Å². The molecule has 0 radical (unpaired) electrons. The molecule has 4 rings (SSSR count). The molecule has 26 heavy (non-hydrogen) atoms. The molecule has 1 aromatic heterocycles. The second-order valence-corrected chi connectivity index (χ2v) is 7.13. The van der Waals surface area contributed by atoms with Crippen LogP contribution in [-0.2, 0) is 9.47 Å². The zero-order valence-corrected chi connectivity index (χ0v) is 15.6. The maximum Gasteiger partial charge on any atom is 0.247 e. The van der Waals surface area contributed by atoms with E-state index in [0.717, 1.165) is 31.6 Å². The van der Waals surface area contributed by atoms with E-state index in [2.05, 4.69) is 58.3 Å². The molecule has 0 unspecified atom stereocenters. The molecule has 2 aromatic rings. The van der Waals surface area contributed by atoms with Gasteiger partial charge in [-0.2, -0.15) is 10.1 Å². The minimum atomic E-state index is -0.393. The molecule has 0 aliphatic carbocycles. The van der Waals surface area contributed by atoms with Crippen molar-refractivity contribution in [3.05, 3.63) is 35.0 Å². The van der Waals surface area contributed by atoms with E-state index in [1.165, 1.54) is 16.7 Å². The van der Waals surface area contributed by atoms with Crippen molar-refractivity contribution in [2.45, 2.75) is 39.4 Å².